The van der Waals surface area contributed by atoms with Gasteiger partial charge in [0.2, 0.25) is 0 Å². The highest BCUT2D eigenvalue weighted by Gasteiger charge is 2.14. The molecule has 2 nitrogen and oxygen atoms in total. The molecule has 0 bridgehead atoms. The molecule has 0 radical (unpaired) electrons. The van der Waals surface area contributed by atoms with Gasteiger partial charge in [0.25, 0.3) is 0 Å². The number of fused-ring (bicyclic) bond motifs is 1. The molecule has 0 atom stereocenters. The maximum absolute atomic E-state index is 3.80. The van der Waals surface area contributed by atoms with Crippen LogP contribution in [0, 0.1) is 6.92 Å². The zero-order chi connectivity index (χ0) is 17.1. The lowest BCUT2D eigenvalue weighted by atomic mass is 9.95. The molecule has 1 heterocycles. The van der Waals surface area contributed by atoms with E-state index < -0.39 is 0 Å². The maximum Gasteiger partial charge on any atom is 0.0486 e. The average molecular weight is 332 g/mol. The Bertz CT molecular complexity index is 823. The number of hydrogen-bond donors (Lipinski definition) is 1. The zero-order valence-corrected chi connectivity index (χ0v) is 15.2. The summed E-state index contributed by atoms with van der Waals surface area (Å²) in [6, 6.07) is 18.4. The van der Waals surface area contributed by atoms with Gasteiger partial charge in [-0.3, -0.25) is 0 Å². The summed E-state index contributed by atoms with van der Waals surface area (Å²) < 4.78 is 2.40. The van der Waals surface area contributed by atoms with Crippen LogP contribution >= 0.6 is 0 Å². The van der Waals surface area contributed by atoms with Crippen molar-refractivity contribution in [3.63, 3.8) is 0 Å². The van der Waals surface area contributed by atoms with E-state index in [4.69, 9.17) is 0 Å². The molecule has 1 aliphatic rings. The predicted molar refractivity (Wildman–Crippen MR) is 106 cm³/mol. The molecule has 4 rings (SSSR count). The van der Waals surface area contributed by atoms with Gasteiger partial charge in [0.05, 0.1) is 0 Å². The molecule has 1 fully saturated rings. The number of nitrogens with zero attached hydrogens (tertiary/aromatic N) is 1. The Morgan fingerprint density at radius 2 is 1.72 bits per heavy atom. The Labute approximate surface area is 150 Å². The van der Waals surface area contributed by atoms with Gasteiger partial charge in [-0.2, -0.15) is 0 Å². The summed E-state index contributed by atoms with van der Waals surface area (Å²) in [4.78, 5) is 0. The summed E-state index contributed by atoms with van der Waals surface area (Å²) in [6.45, 7) is 4.06. The van der Waals surface area contributed by atoms with E-state index in [1.54, 1.807) is 0 Å². The van der Waals surface area contributed by atoms with Gasteiger partial charge in [-0.1, -0.05) is 67.3 Å². The quantitative estimate of drug-likeness (QED) is 0.660. The molecule has 1 aromatic heterocycles. The van der Waals surface area contributed by atoms with Crippen LogP contribution < -0.4 is 5.32 Å². The lowest BCUT2D eigenvalue weighted by molar-refractivity contribution is 0.372. The standard InChI is InChI=1S/C23H28N2/c1-18-11-13-19(14-12-18)16-25-17-20(22-9-5-6-10-23(22)25)15-24-21-7-3-2-4-8-21/h5-6,9-14,17,21,24H,2-4,7-8,15-16H2,1H3. The first-order chi connectivity index (χ1) is 12.3. The summed E-state index contributed by atoms with van der Waals surface area (Å²) in [7, 11) is 0. The van der Waals surface area contributed by atoms with E-state index in [1.807, 2.05) is 0 Å². The predicted octanol–water partition coefficient (Wildman–Crippen LogP) is 5.42. The monoisotopic (exact) mass is 332 g/mol. The van der Waals surface area contributed by atoms with Crippen molar-refractivity contribution in [2.75, 3.05) is 0 Å². The van der Waals surface area contributed by atoms with E-state index in [9.17, 15) is 0 Å². The molecule has 1 aliphatic carbocycles. The minimum absolute atomic E-state index is 0.702. The Kier molecular flexibility index (Phi) is 4.89. The third-order valence-electron chi connectivity index (χ3n) is 5.53. The van der Waals surface area contributed by atoms with Crippen LogP contribution in [0.2, 0.25) is 0 Å². The normalized spacial score (nSPS) is 15.7. The average Bonchev–Trinajstić information content (AvgIpc) is 3.01. The maximum atomic E-state index is 3.80. The van der Waals surface area contributed by atoms with Crippen molar-refractivity contribution in [2.45, 2.75) is 58.2 Å². The second-order valence-electron chi connectivity index (χ2n) is 7.50. The second kappa shape index (κ2) is 7.45. The van der Waals surface area contributed by atoms with Crippen molar-refractivity contribution >= 4 is 10.9 Å². The van der Waals surface area contributed by atoms with Gasteiger partial charge in [0.15, 0.2) is 0 Å². The molecule has 0 spiro atoms. The number of para-hydroxylation sites is 1. The number of nitrogens with one attached hydrogen (secondary N) is 1. The lowest BCUT2D eigenvalue weighted by Gasteiger charge is -2.22. The van der Waals surface area contributed by atoms with E-state index in [2.05, 4.69) is 71.5 Å². The first kappa shape index (κ1) is 16.4. The van der Waals surface area contributed by atoms with Gasteiger partial charge in [-0.25, -0.2) is 0 Å². The molecule has 0 saturated heterocycles. The molecular weight excluding hydrogens is 304 g/mol. The molecule has 0 aliphatic heterocycles. The number of aryl methyl sites for hydroxylation is 1. The first-order valence-electron chi connectivity index (χ1n) is 9.65. The summed E-state index contributed by atoms with van der Waals surface area (Å²) in [5.74, 6) is 0. The van der Waals surface area contributed by atoms with Gasteiger partial charge < -0.3 is 9.88 Å². The van der Waals surface area contributed by atoms with Crippen molar-refractivity contribution in [1.29, 1.82) is 0 Å². The third-order valence-corrected chi connectivity index (χ3v) is 5.53. The van der Waals surface area contributed by atoms with E-state index >= 15 is 0 Å². The fourth-order valence-corrected chi connectivity index (χ4v) is 4.05. The fourth-order valence-electron chi connectivity index (χ4n) is 4.05. The topological polar surface area (TPSA) is 17.0 Å². The van der Waals surface area contributed by atoms with Crippen LogP contribution in [0.5, 0.6) is 0 Å². The lowest BCUT2D eigenvalue weighted by Crippen LogP contribution is -2.30. The molecule has 130 valence electrons. The van der Waals surface area contributed by atoms with Crippen molar-refractivity contribution in [2.24, 2.45) is 0 Å². The Hall–Kier alpha value is -2.06. The molecule has 0 unspecified atom stereocenters. The van der Waals surface area contributed by atoms with Crippen LogP contribution in [0.15, 0.2) is 54.7 Å². The SMILES string of the molecule is Cc1ccc(Cn2cc(CNC3CCCCC3)c3ccccc32)cc1. The van der Waals surface area contributed by atoms with Gasteiger partial charge in [-0.05, 0) is 37.0 Å². The summed E-state index contributed by atoms with van der Waals surface area (Å²) in [5, 5.41) is 5.19. The van der Waals surface area contributed by atoms with Crippen molar-refractivity contribution in [3.05, 3.63) is 71.4 Å². The highest BCUT2D eigenvalue weighted by Crippen LogP contribution is 2.24. The molecule has 0 amide bonds. The van der Waals surface area contributed by atoms with E-state index in [0.29, 0.717) is 6.04 Å². The van der Waals surface area contributed by atoms with Gasteiger partial charge in [0.1, 0.15) is 0 Å². The van der Waals surface area contributed by atoms with Crippen molar-refractivity contribution in [1.82, 2.24) is 9.88 Å². The smallest absolute Gasteiger partial charge is 0.0486 e. The Morgan fingerprint density at radius 1 is 0.960 bits per heavy atom. The molecule has 25 heavy (non-hydrogen) atoms. The second-order valence-corrected chi connectivity index (χ2v) is 7.50. The largest absolute Gasteiger partial charge is 0.343 e. The van der Waals surface area contributed by atoms with E-state index in [1.165, 1.54) is 59.7 Å². The van der Waals surface area contributed by atoms with Crippen LogP contribution in [0.3, 0.4) is 0 Å². The molecule has 3 aromatic rings. The number of hydrogen-bond acceptors (Lipinski definition) is 1. The summed E-state index contributed by atoms with van der Waals surface area (Å²) in [5.41, 5.74) is 5.44. The van der Waals surface area contributed by atoms with Crippen LogP contribution in [-0.2, 0) is 13.1 Å². The van der Waals surface area contributed by atoms with Crippen LogP contribution in [0.4, 0.5) is 0 Å². The van der Waals surface area contributed by atoms with Gasteiger partial charge >= 0.3 is 0 Å². The zero-order valence-electron chi connectivity index (χ0n) is 15.2. The Morgan fingerprint density at radius 3 is 2.52 bits per heavy atom. The molecule has 2 aromatic carbocycles. The highest BCUT2D eigenvalue weighted by atomic mass is 15.0. The third kappa shape index (κ3) is 3.80. The van der Waals surface area contributed by atoms with Gasteiger partial charge in [-0.15, -0.1) is 0 Å². The van der Waals surface area contributed by atoms with Gasteiger partial charge in [0, 0.05) is 36.2 Å². The van der Waals surface area contributed by atoms with E-state index in [-0.39, 0.29) is 0 Å². The Balaban J connectivity index is 1.56. The highest BCUT2D eigenvalue weighted by molar-refractivity contribution is 5.84. The van der Waals surface area contributed by atoms with Crippen molar-refractivity contribution in [3.8, 4) is 0 Å². The van der Waals surface area contributed by atoms with Crippen LogP contribution in [0.1, 0.15) is 48.8 Å². The number of benzene rings is 2. The fraction of sp³-hybridized carbons (Fsp3) is 0.391. The van der Waals surface area contributed by atoms with Crippen molar-refractivity contribution < 1.29 is 0 Å². The van der Waals surface area contributed by atoms with Crippen LogP contribution in [0.25, 0.3) is 10.9 Å². The van der Waals surface area contributed by atoms with E-state index in [0.717, 1.165) is 13.1 Å². The first-order valence-corrected chi connectivity index (χ1v) is 9.65. The van der Waals surface area contributed by atoms with Crippen LogP contribution in [-0.4, -0.2) is 10.6 Å². The number of aromatic nitrogens is 1. The molecule has 1 N–H and O–H groups in total. The molecule has 2 heteroatoms. The minimum atomic E-state index is 0.702. The number of rotatable bonds is 5. The summed E-state index contributed by atoms with van der Waals surface area (Å²) >= 11 is 0. The molecular formula is C23H28N2. The summed E-state index contributed by atoms with van der Waals surface area (Å²) in [6.07, 6.45) is 9.19. The minimum Gasteiger partial charge on any atom is -0.343 e. The molecule has 1 saturated carbocycles.